The lowest BCUT2D eigenvalue weighted by Gasteiger charge is -2.09. The molecule has 0 fully saturated rings. The van der Waals surface area contributed by atoms with Crippen LogP contribution in [0.25, 0.3) is 0 Å². The van der Waals surface area contributed by atoms with Crippen molar-refractivity contribution in [2.24, 2.45) is 0 Å². The van der Waals surface area contributed by atoms with Gasteiger partial charge in [-0.2, -0.15) is 0 Å². The van der Waals surface area contributed by atoms with E-state index in [0.717, 1.165) is 0 Å². The summed E-state index contributed by atoms with van der Waals surface area (Å²) in [5, 5.41) is 2.29. The molecular weight excluding hydrogens is 546 g/mol. The van der Waals surface area contributed by atoms with E-state index in [2.05, 4.69) is 18.5 Å². The van der Waals surface area contributed by atoms with Crippen molar-refractivity contribution in [1.29, 1.82) is 0 Å². The zero-order valence-electron chi connectivity index (χ0n) is 24.4. The van der Waals surface area contributed by atoms with Crippen LogP contribution in [-0.4, -0.2) is 144 Å². The van der Waals surface area contributed by atoms with Crippen molar-refractivity contribution in [3.05, 3.63) is 24.9 Å². The molecule has 0 unspecified atom stereocenters. The third-order valence-electron chi connectivity index (χ3n) is 4.47. The van der Waals surface area contributed by atoms with Gasteiger partial charge < -0.3 is 52.1 Å². The van der Waals surface area contributed by atoms with Crippen LogP contribution in [-0.2, 0) is 56.9 Å². The third kappa shape index (κ3) is 32.2. The highest BCUT2D eigenvalue weighted by Crippen LogP contribution is 1.92. The fourth-order valence-electron chi connectivity index (χ4n) is 2.50. The zero-order valence-corrected chi connectivity index (χ0v) is 24.4. The molecule has 1 N–H and O–H groups in total. The second-order valence-electron chi connectivity index (χ2n) is 7.91. The fraction of sp³-hybridized carbons (Fsp3) is 0.778. The Morgan fingerprint density at radius 1 is 0.488 bits per heavy atom. The van der Waals surface area contributed by atoms with E-state index in [-0.39, 0.29) is 13.2 Å². The summed E-state index contributed by atoms with van der Waals surface area (Å²) < 4.78 is 58.1. The van der Waals surface area contributed by atoms with Gasteiger partial charge in [-0.25, -0.2) is 9.59 Å². The highest BCUT2D eigenvalue weighted by molar-refractivity contribution is 5.86. The predicted molar refractivity (Wildman–Crippen MR) is 148 cm³/mol. The van der Waals surface area contributed by atoms with Crippen LogP contribution in [0.1, 0.15) is 6.92 Å². The second-order valence-corrected chi connectivity index (χ2v) is 7.91. The molecule has 14 heteroatoms. The van der Waals surface area contributed by atoms with Crippen molar-refractivity contribution < 1.29 is 61.7 Å². The number of rotatable bonds is 32. The molecule has 0 atom stereocenters. The van der Waals surface area contributed by atoms with Crippen molar-refractivity contribution in [3.8, 4) is 0 Å². The van der Waals surface area contributed by atoms with Gasteiger partial charge in [0.05, 0.1) is 119 Å². The quantitative estimate of drug-likeness (QED) is 0.0674. The van der Waals surface area contributed by atoms with E-state index >= 15 is 0 Å². The molecule has 240 valence electrons. The van der Waals surface area contributed by atoms with Crippen LogP contribution in [0.4, 0.5) is 4.79 Å². The van der Waals surface area contributed by atoms with Crippen LogP contribution in [0.2, 0.25) is 0 Å². The van der Waals surface area contributed by atoms with Crippen molar-refractivity contribution in [2.45, 2.75) is 6.92 Å². The van der Waals surface area contributed by atoms with Crippen molar-refractivity contribution >= 4 is 12.1 Å². The Hall–Kier alpha value is -2.14. The molecule has 14 nitrogen and oxygen atoms in total. The number of alkyl carbamates (subject to hydrolysis) is 1. The standard InChI is InChI=1S/C27H49NO13/c1-4-28-27(30)41-24-22-39-20-18-37-16-14-35-12-10-33-8-6-31-5-7-32-9-11-34-13-15-36-17-19-38-21-23-40-26(29)25(2)3/h4H,1-2,5-24H2,3H3,(H,28,30). The monoisotopic (exact) mass is 595 g/mol. The molecule has 1 amide bonds. The van der Waals surface area contributed by atoms with E-state index in [1.807, 2.05) is 0 Å². The first-order valence-electron chi connectivity index (χ1n) is 13.6. The van der Waals surface area contributed by atoms with Crippen LogP contribution >= 0.6 is 0 Å². The molecule has 0 bridgehead atoms. The minimum atomic E-state index is -0.560. The molecule has 0 aromatic rings. The summed E-state index contributed by atoms with van der Waals surface area (Å²) in [6.07, 6.45) is 0.688. The number of ether oxygens (including phenoxy) is 11. The van der Waals surface area contributed by atoms with Gasteiger partial charge in [-0.3, -0.25) is 5.32 Å². The maximum Gasteiger partial charge on any atom is 0.411 e. The first-order chi connectivity index (χ1) is 20.1. The number of carbonyl (C=O) groups excluding carboxylic acids is 2. The molecule has 0 saturated heterocycles. The van der Waals surface area contributed by atoms with Gasteiger partial charge in [0.15, 0.2) is 0 Å². The molecule has 0 aliphatic rings. The zero-order chi connectivity index (χ0) is 30.1. The van der Waals surface area contributed by atoms with E-state index < -0.39 is 12.1 Å². The van der Waals surface area contributed by atoms with Gasteiger partial charge in [0.25, 0.3) is 0 Å². The van der Waals surface area contributed by atoms with Crippen molar-refractivity contribution in [2.75, 3.05) is 132 Å². The first kappa shape index (κ1) is 38.9. The molecule has 0 radical (unpaired) electrons. The Labute approximate surface area is 243 Å². The third-order valence-corrected chi connectivity index (χ3v) is 4.47. The number of esters is 1. The molecule has 0 aliphatic carbocycles. The number of carbonyl (C=O) groups is 2. The molecule has 0 aliphatic heterocycles. The van der Waals surface area contributed by atoms with Gasteiger partial charge in [0.1, 0.15) is 13.2 Å². The van der Waals surface area contributed by atoms with Gasteiger partial charge in [-0.05, 0) is 13.1 Å². The van der Waals surface area contributed by atoms with Crippen LogP contribution < -0.4 is 5.32 Å². The SMILES string of the molecule is C=CNC(=O)OCCOCCOCCOCCOCCOCCOCCOCCOCCOCCOC(=O)C(=C)C. The maximum atomic E-state index is 11.2. The number of hydrogen-bond donors (Lipinski definition) is 1. The minimum Gasteiger partial charge on any atom is -0.460 e. The van der Waals surface area contributed by atoms with Gasteiger partial charge >= 0.3 is 12.1 Å². The summed E-state index contributed by atoms with van der Waals surface area (Å²) in [6.45, 7) is 16.8. The molecule has 0 aromatic heterocycles. The highest BCUT2D eigenvalue weighted by atomic mass is 16.6. The molecular formula is C27H49NO13. The highest BCUT2D eigenvalue weighted by Gasteiger charge is 2.02. The first-order valence-corrected chi connectivity index (χ1v) is 13.6. The summed E-state index contributed by atoms with van der Waals surface area (Å²) in [5.41, 5.74) is 0.366. The summed E-state index contributed by atoms with van der Waals surface area (Å²) in [6, 6.07) is 0. The number of nitrogens with one attached hydrogen (secondary N) is 1. The summed E-state index contributed by atoms with van der Waals surface area (Å²) in [5.74, 6) is -0.417. The minimum absolute atomic E-state index is 0.162. The van der Waals surface area contributed by atoms with Crippen LogP contribution in [0.3, 0.4) is 0 Å². The molecule has 0 spiro atoms. The van der Waals surface area contributed by atoms with Crippen LogP contribution in [0.5, 0.6) is 0 Å². The summed E-state index contributed by atoms with van der Waals surface area (Å²) in [7, 11) is 0. The fourth-order valence-corrected chi connectivity index (χ4v) is 2.50. The summed E-state index contributed by atoms with van der Waals surface area (Å²) >= 11 is 0. The Bertz CT molecular complexity index is 636. The predicted octanol–water partition coefficient (Wildman–Crippen LogP) is 1.12. The Kier molecular flexibility index (Phi) is 30.7. The molecule has 0 rings (SSSR count). The maximum absolute atomic E-state index is 11.2. The van der Waals surface area contributed by atoms with Gasteiger partial charge in [-0.1, -0.05) is 13.2 Å². The van der Waals surface area contributed by atoms with E-state index in [0.29, 0.717) is 124 Å². The lowest BCUT2D eigenvalue weighted by atomic mass is 10.4. The van der Waals surface area contributed by atoms with E-state index in [4.69, 9.17) is 52.1 Å². The molecule has 41 heavy (non-hydrogen) atoms. The van der Waals surface area contributed by atoms with Crippen LogP contribution in [0.15, 0.2) is 24.9 Å². The number of amides is 1. The lowest BCUT2D eigenvalue weighted by molar-refractivity contribution is -0.140. The smallest absolute Gasteiger partial charge is 0.411 e. The summed E-state index contributed by atoms with van der Waals surface area (Å²) in [4.78, 5) is 22.1. The average Bonchev–Trinajstić information content (AvgIpc) is 2.95. The molecule has 0 aromatic carbocycles. The Balaban J connectivity index is 3.09. The van der Waals surface area contributed by atoms with E-state index in [1.54, 1.807) is 6.92 Å². The Morgan fingerprint density at radius 2 is 0.732 bits per heavy atom. The van der Waals surface area contributed by atoms with E-state index in [1.165, 1.54) is 6.20 Å². The van der Waals surface area contributed by atoms with Gasteiger partial charge in [0.2, 0.25) is 0 Å². The normalized spacial score (nSPS) is 10.9. The Morgan fingerprint density at radius 3 is 0.976 bits per heavy atom. The second kappa shape index (κ2) is 32.4. The number of hydrogen-bond acceptors (Lipinski definition) is 13. The van der Waals surface area contributed by atoms with Crippen molar-refractivity contribution in [1.82, 2.24) is 5.32 Å². The topological polar surface area (TPSA) is 148 Å². The lowest BCUT2D eigenvalue weighted by Crippen LogP contribution is -2.20. The largest absolute Gasteiger partial charge is 0.460 e. The van der Waals surface area contributed by atoms with E-state index in [9.17, 15) is 9.59 Å². The molecule has 0 saturated carbocycles. The van der Waals surface area contributed by atoms with Crippen LogP contribution in [0, 0.1) is 0 Å². The van der Waals surface area contributed by atoms with Gasteiger partial charge in [-0.15, -0.1) is 0 Å². The average molecular weight is 596 g/mol. The van der Waals surface area contributed by atoms with Crippen molar-refractivity contribution in [3.63, 3.8) is 0 Å². The van der Waals surface area contributed by atoms with Gasteiger partial charge in [0, 0.05) is 5.57 Å². The molecule has 0 heterocycles.